The summed E-state index contributed by atoms with van der Waals surface area (Å²) >= 11 is 3.36. The minimum atomic E-state index is 0.649. The Kier molecular flexibility index (Phi) is 3.46. The highest BCUT2D eigenvalue weighted by molar-refractivity contribution is 9.10. The molecule has 0 spiro atoms. The lowest BCUT2D eigenvalue weighted by atomic mass is 10.3. The lowest BCUT2D eigenvalue weighted by Crippen LogP contribution is -2.02. The van der Waals surface area contributed by atoms with E-state index in [9.17, 15) is 0 Å². The summed E-state index contributed by atoms with van der Waals surface area (Å²) in [6.07, 6.45) is 6.87. The molecule has 0 saturated carbocycles. The molecule has 82 valence electrons. The maximum absolute atomic E-state index is 4.21. The van der Waals surface area contributed by atoms with Crippen molar-refractivity contribution in [3.8, 4) is 0 Å². The lowest BCUT2D eigenvalue weighted by molar-refractivity contribution is 1.00. The molecule has 0 saturated heterocycles. The van der Waals surface area contributed by atoms with Gasteiger partial charge in [0.05, 0.1) is 30.3 Å². The summed E-state index contributed by atoms with van der Waals surface area (Å²) in [7, 11) is 0. The number of hydrogen-bond donors (Lipinski definition) is 1. The Balaban J connectivity index is 2.03. The van der Waals surface area contributed by atoms with Gasteiger partial charge in [-0.3, -0.25) is 9.97 Å². The number of rotatable bonds is 3. The fourth-order valence-electron chi connectivity index (χ4n) is 1.27. The largest absolute Gasteiger partial charge is 0.378 e. The van der Waals surface area contributed by atoms with Gasteiger partial charge in [-0.15, -0.1) is 0 Å². The number of halogens is 1. The molecule has 0 bridgehead atoms. The fourth-order valence-corrected chi connectivity index (χ4v) is 1.49. The van der Waals surface area contributed by atoms with Crippen molar-refractivity contribution in [1.82, 2.24) is 15.0 Å². The third kappa shape index (κ3) is 2.76. The number of hydrogen-bond acceptors (Lipinski definition) is 4. The number of aryl methyl sites for hydroxylation is 1. The van der Waals surface area contributed by atoms with Gasteiger partial charge in [-0.05, 0) is 34.5 Å². The molecule has 0 fully saturated rings. The van der Waals surface area contributed by atoms with Crippen LogP contribution in [0.4, 0.5) is 5.69 Å². The molecule has 0 unspecified atom stereocenters. The van der Waals surface area contributed by atoms with Gasteiger partial charge in [-0.25, -0.2) is 4.98 Å². The molecule has 0 aromatic carbocycles. The summed E-state index contributed by atoms with van der Waals surface area (Å²) in [5.74, 6) is 0. The van der Waals surface area contributed by atoms with Crippen LogP contribution in [0.2, 0.25) is 0 Å². The van der Waals surface area contributed by atoms with E-state index in [1.165, 1.54) is 0 Å². The van der Waals surface area contributed by atoms with E-state index in [-0.39, 0.29) is 0 Å². The molecule has 0 amide bonds. The second-order valence-corrected chi connectivity index (χ2v) is 4.13. The molecule has 0 aliphatic rings. The van der Waals surface area contributed by atoms with E-state index < -0.39 is 0 Å². The van der Waals surface area contributed by atoms with E-state index in [2.05, 4.69) is 36.2 Å². The zero-order valence-electron chi connectivity index (χ0n) is 8.81. The molecule has 0 aliphatic carbocycles. The van der Waals surface area contributed by atoms with Crippen LogP contribution >= 0.6 is 15.9 Å². The van der Waals surface area contributed by atoms with E-state index >= 15 is 0 Å². The van der Waals surface area contributed by atoms with Crippen LogP contribution in [-0.2, 0) is 6.54 Å². The van der Waals surface area contributed by atoms with E-state index in [0.29, 0.717) is 6.54 Å². The minimum Gasteiger partial charge on any atom is -0.378 e. The third-order valence-corrected chi connectivity index (χ3v) is 2.93. The van der Waals surface area contributed by atoms with Crippen LogP contribution in [0.15, 0.2) is 35.5 Å². The molecular weight excluding hydrogens is 268 g/mol. The number of nitrogens with zero attached hydrogens (tertiary/aromatic N) is 3. The Hall–Kier alpha value is -1.49. The number of nitrogens with one attached hydrogen (secondary N) is 1. The predicted molar refractivity (Wildman–Crippen MR) is 66.0 cm³/mol. The van der Waals surface area contributed by atoms with Gasteiger partial charge in [0, 0.05) is 12.4 Å². The van der Waals surface area contributed by atoms with Crippen molar-refractivity contribution in [3.05, 3.63) is 46.7 Å². The van der Waals surface area contributed by atoms with Gasteiger partial charge in [0.25, 0.3) is 0 Å². The Bertz CT molecular complexity index is 473. The zero-order chi connectivity index (χ0) is 11.4. The van der Waals surface area contributed by atoms with E-state index in [1.807, 2.05) is 13.0 Å². The molecule has 2 heterocycles. The van der Waals surface area contributed by atoms with Crippen LogP contribution in [0.25, 0.3) is 0 Å². The maximum atomic E-state index is 4.21. The van der Waals surface area contributed by atoms with Gasteiger partial charge >= 0.3 is 0 Å². The van der Waals surface area contributed by atoms with Crippen molar-refractivity contribution in [2.45, 2.75) is 13.5 Å². The molecule has 0 radical (unpaired) electrons. The zero-order valence-corrected chi connectivity index (χ0v) is 10.4. The first-order valence-corrected chi connectivity index (χ1v) is 5.66. The van der Waals surface area contributed by atoms with Crippen molar-refractivity contribution in [2.75, 3.05) is 5.32 Å². The quantitative estimate of drug-likeness (QED) is 0.877. The van der Waals surface area contributed by atoms with Crippen LogP contribution < -0.4 is 5.32 Å². The average Bonchev–Trinajstić information content (AvgIpc) is 2.32. The molecule has 5 heteroatoms. The summed E-state index contributed by atoms with van der Waals surface area (Å²) in [5.41, 5.74) is 2.98. The smallest absolute Gasteiger partial charge is 0.109 e. The van der Waals surface area contributed by atoms with E-state index in [1.54, 1.807) is 24.8 Å². The summed E-state index contributed by atoms with van der Waals surface area (Å²) in [6, 6.07) is 2.04. The molecule has 0 atom stereocenters. The third-order valence-electron chi connectivity index (χ3n) is 2.10. The summed E-state index contributed by atoms with van der Waals surface area (Å²) in [5, 5.41) is 3.24. The molecule has 2 aromatic rings. The SMILES string of the molecule is Cc1cc(NCc2cnccn2)cnc1Br. The Morgan fingerprint density at radius 3 is 2.81 bits per heavy atom. The Morgan fingerprint density at radius 2 is 2.12 bits per heavy atom. The second kappa shape index (κ2) is 5.03. The molecular formula is C11H11BrN4. The number of aromatic nitrogens is 3. The molecule has 2 rings (SSSR count). The molecule has 2 aromatic heterocycles. The second-order valence-electron chi connectivity index (χ2n) is 3.38. The maximum Gasteiger partial charge on any atom is 0.109 e. The Labute approximate surface area is 102 Å². The monoisotopic (exact) mass is 278 g/mol. The summed E-state index contributed by atoms with van der Waals surface area (Å²) in [6.45, 7) is 2.65. The molecule has 16 heavy (non-hydrogen) atoms. The van der Waals surface area contributed by atoms with Crippen molar-refractivity contribution in [1.29, 1.82) is 0 Å². The van der Waals surface area contributed by atoms with Gasteiger partial charge in [-0.1, -0.05) is 0 Å². The van der Waals surface area contributed by atoms with Gasteiger partial charge in [0.15, 0.2) is 0 Å². The van der Waals surface area contributed by atoms with Gasteiger partial charge in [0.1, 0.15) is 4.60 Å². The fraction of sp³-hybridized carbons (Fsp3) is 0.182. The van der Waals surface area contributed by atoms with Crippen LogP contribution in [0, 0.1) is 6.92 Å². The highest BCUT2D eigenvalue weighted by Gasteiger charge is 1.99. The van der Waals surface area contributed by atoms with Crippen LogP contribution in [0.3, 0.4) is 0 Å². The number of pyridine rings is 1. The van der Waals surface area contributed by atoms with Gasteiger partial charge < -0.3 is 5.32 Å². The first-order valence-electron chi connectivity index (χ1n) is 4.86. The lowest BCUT2D eigenvalue weighted by Gasteiger charge is -2.06. The van der Waals surface area contributed by atoms with Gasteiger partial charge in [-0.2, -0.15) is 0 Å². The first-order chi connectivity index (χ1) is 7.75. The average molecular weight is 279 g/mol. The summed E-state index contributed by atoms with van der Waals surface area (Å²) in [4.78, 5) is 12.4. The van der Waals surface area contributed by atoms with Crippen LogP contribution in [0.5, 0.6) is 0 Å². The van der Waals surface area contributed by atoms with E-state index in [0.717, 1.165) is 21.5 Å². The minimum absolute atomic E-state index is 0.649. The van der Waals surface area contributed by atoms with Gasteiger partial charge in [0.2, 0.25) is 0 Å². The van der Waals surface area contributed by atoms with E-state index in [4.69, 9.17) is 0 Å². The first kappa shape index (κ1) is 11.0. The highest BCUT2D eigenvalue weighted by atomic mass is 79.9. The van der Waals surface area contributed by atoms with Crippen LogP contribution in [0.1, 0.15) is 11.3 Å². The van der Waals surface area contributed by atoms with Crippen molar-refractivity contribution >= 4 is 21.6 Å². The van der Waals surface area contributed by atoms with Crippen molar-refractivity contribution in [2.24, 2.45) is 0 Å². The summed E-state index contributed by atoms with van der Waals surface area (Å²) < 4.78 is 0.873. The van der Waals surface area contributed by atoms with Crippen molar-refractivity contribution < 1.29 is 0 Å². The number of anilines is 1. The molecule has 4 nitrogen and oxygen atoms in total. The predicted octanol–water partition coefficient (Wildman–Crippen LogP) is 2.55. The molecule has 0 aliphatic heterocycles. The topological polar surface area (TPSA) is 50.7 Å². The normalized spacial score (nSPS) is 10.1. The van der Waals surface area contributed by atoms with Crippen LogP contribution in [-0.4, -0.2) is 15.0 Å². The standard InChI is InChI=1S/C11H11BrN4/c1-8-4-9(6-16-11(8)12)15-7-10-5-13-2-3-14-10/h2-6,15H,7H2,1H3. The highest BCUT2D eigenvalue weighted by Crippen LogP contribution is 2.16. The van der Waals surface area contributed by atoms with Crippen molar-refractivity contribution in [3.63, 3.8) is 0 Å². The molecule has 1 N–H and O–H groups in total. The Morgan fingerprint density at radius 1 is 1.25 bits per heavy atom.